The second-order valence-electron chi connectivity index (χ2n) is 5.59. The fourth-order valence-corrected chi connectivity index (χ4v) is 3.04. The largest absolute Gasteiger partial charge is 0.430 e. The predicted octanol–water partition coefficient (Wildman–Crippen LogP) is 3.70. The van der Waals surface area contributed by atoms with Crippen molar-refractivity contribution in [2.75, 3.05) is 0 Å². The van der Waals surface area contributed by atoms with Gasteiger partial charge in [0.25, 0.3) is 0 Å². The number of nitrogens with one attached hydrogen (secondary N) is 1. The zero-order valence-electron chi connectivity index (χ0n) is 12.1. The van der Waals surface area contributed by atoms with Gasteiger partial charge in [0, 0.05) is 23.6 Å². The van der Waals surface area contributed by atoms with Crippen LogP contribution in [-0.2, 0) is 4.79 Å². The van der Waals surface area contributed by atoms with Crippen molar-refractivity contribution in [1.82, 2.24) is 5.32 Å². The van der Waals surface area contributed by atoms with Crippen molar-refractivity contribution >= 4 is 5.78 Å². The average molecular weight is 318 g/mol. The van der Waals surface area contributed by atoms with E-state index >= 15 is 0 Å². The summed E-state index contributed by atoms with van der Waals surface area (Å²) < 4.78 is 39.4. The van der Waals surface area contributed by atoms with Crippen LogP contribution in [-0.4, -0.2) is 12.0 Å². The van der Waals surface area contributed by atoms with Crippen molar-refractivity contribution in [3.05, 3.63) is 58.4 Å². The second kappa shape index (κ2) is 5.58. The maximum atomic E-state index is 13.1. The summed E-state index contributed by atoms with van der Waals surface area (Å²) in [6, 6.07) is 8.35. The Morgan fingerprint density at radius 1 is 1.26 bits per heavy atom. The number of Topliss-reactive ketones (excluding diaryl/α,β-unsaturated/α-hetero) is 1. The van der Waals surface area contributed by atoms with Gasteiger partial charge in [0.1, 0.15) is 5.70 Å². The molecule has 0 fully saturated rings. The van der Waals surface area contributed by atoms with Crippen molar-refractivity contribution in [1.29, 1.82) is 5.26 Å². The normalized spacial score (nSPS) is 21.2. The molecule has 0 saturated carbocycles. The van der Waals surface area contributed by atoms with Crippen LogP contribution >= 0.6 is 0 Å². The highest BCUT2D eigenvalue weighted by molar-refractivity contribution is 5.99. The van der Waals surface area contributed by atoms with Gasteiger partial charge in [-0.15, -0.1) is 0 Å². The molecule has 0 radical (unpaired) electrons. The molecule has 1 aliphatic heterocycles. The van der Waals surface area contributed by atoms with E-state index in [1.54, 1.807) is 18.2 Å². The number of benzene rings is 1. The Bertz CT molecular complexity index is 769. The number of rotatable bonds is 1. The molecular formula is C17H13F3N2O. The Morgan fingerprint density at radius 3 is 2.74 bits per heavy atom. The fourth-order valence-electron chi connectivity index (χ4n) is 3.04. The zero-order chi connectivity index (χ0) is 16.6. The van der Waals surface area contributed by atoms with E-state index in [1.165, 1.54) is 6.07 Å². The van der Waals surface area contributed by atoms with Crippen LogP contribution in [0.3, 0.4) is 0 Å². The molecule has 0 saturated heterocycles. The molecule has 0 spiro atoms. The molecule has 2 aliphatic rings. The van der Waals surface area contributed by atoms with Crippen LogP contribution in [0.2, 0.25) is 0 Å². The van der Waals surface area contributed by atoms with Crippen molar-refractivity contribution in [2.24, 2.45) is 0 Å². The fraction of sp³-hybridized carbons (Fsp3) is 0.294. The van der Waals surface area contributed by atoms with Crippen molar-refractivity contribution in [3.8, 4) is 6.07 Å². The predicted molar refractivity (Wildman–Crippen MR) is 77.1 cm³/mol. The number of hydrogen-bond donors (Lipinski definition) is 1. The molecule has 0 unspecified atom stereocenters. The minimum atomic E-state index is -4.51. The van der Waals surface area contributed by atoms with E-state index in [-0.39, 0.29) is 5.78 Å². The van der Waals surface area contributed by atoms with Crippen LogP contribution < -0.4 is 5.32 Å². The molecule has 0 amide bonds. The summed E-state index contributed by atoms with van der Waals surface area (Å²) in [5, 5.41) is 11.4. The highest BCUT2D eigenvalue weighted by atomic mass is 19.4. The van der Waals surface area contributed by atoms with Crippen molar-refractivity contribution in [3.63, 3.8) is 0 Å². The Morgan fingerprint density at radius 2 is 2.04 bits per heavy atom. The first-order valence-corrected chi connectivity index (χ1v) is 7.22. The molecule has 6 heteroatoms. The maximum Gasteiger partial charge on any atom is 0.430 e. The van der Waals surface area contributed by atoms with Crippen LogP contribution in [0.4, 0.5) is 13.2 Å². The van der Waals surface area contributed by atoms with Gasteiger partial charge in [-0.05, 0) is 36.6 Å². The lowest BCUT2D eigenvalue weighted by molar-refractivity contribution is -0.116. The Balaban J connectivity index is 2.13. The molecule has 118 valence electrons. The number of alkyl halides is 3. The quantitative estimate of drug-likeness (QED) is 0.859. The first-order chi connectivity index (χ1) is 10.9. The van der Waals surface area contributed by atoms with E-state index in [9.17, 15) is 18.0 Å². The number of carbonyl (C=O) groups excluding carboxylic acids is 1. The molecule has 3 rings (SSSR count). The van der Waals surface area contributed by atoms with Crippen molar-refractivity contribution < 1.29 is 18.0 Å². The van der Waals surface area contributed by atoms with Crippen LogP contribution in [0.1, 0.15) is 36.3 Å². The third-order valence-electron chi connectivity index (χ3n) is 4.07. The van der Waals surface area contributed by atoms with Crippen LogP contribution in [0.25, 0.3) is 0 Å². The molecule has 1 atom stereocenters. The summed E-state index contributed by atoms with van der Waals surface area (Å²) in [4.78, 5) is 12.2. The summed E-state index contributed by atoms with van der Waals surface area (Å²) in [5.41, 5.74) is 0.768. The SMILES string of the molecule is N#Cc1cccc([C@@H]2C=C(C(F)(F)F)NC3=C2C(=O)CCC3)c1. The monoisotopic (exact) mass is 318 g/mol. The van der Waals surface area contributed by atoms with E-state index in [1.807, 2.05) is 6.07 Å². The van der Waals surface area contributed by atoms with Crippen LogP contribution in [0.5, 0.6) is 0 Å². The number of hydrogen-bond acceptors (Lipinski definition) is 3. The van der Waals surface area contributed by atoms with Crippen LogP contribution in [0, 0.1) is 11.3 Å². The summed E-state index contributed by atoms with van der Waals surface area (Å²) in [6.07, 6.45) is -2.17. The van der Waals surface area contributed by atoms with E-state index in [0.717, 1.165) is 6.08 Å². The molecule has 1 heterocycles. The topological polar surface area (TPSA) is 52.9 Å². The summed E-state index contributed by atoms with van der Waals surface area (Å²) in [5.74, 6) is -0.910. The highest BCUT2D eigenvalue weighted by Crippen LogP contribution is 2.40. The summed E-state index contributed by atoms with van der Waals surface area (Å²) >= 11 is 0. The average Bonchev–Trinajstić information content (AvgIpc) is 2.53. The third-order valence-corrected chi connectivity index (χ3v) is 4.07. The van der Waals surface area contributed by atoms with Crippen molar-refractivity contribution in [2.45, 2.75) is 31.4 Å². The van der Waals surface area contributed by atoms with Gasteiger partial charge in [-0.1, -0.05) is 12.1 Å². The van der Waals surface area contributed by atoms with Crippen LogP contribution in [0.15, 0.2) is 47.3 Å². The molecular weight excluding hydrogens is 305 g/mol. The van der Waals surface area contributed by atoms with Gasteiger partial charge in [-0.2, -0.15) is 18.4 Å². The Labute approximate surface area is 131 Å². The lowest BCUT2D eigenvalue weighted by Crippen LogP contribution is -2.34. The minimum absolute atomic E-state index is 0.136. The number of carbonyl (C=O) groups is 1. The third kappa shape index (κ3) is 2.87. The van der Waals surface area contributed by atoms with Gasteiger partial charge in [0.15, 0.2) is 5.78 Å². The smallest absolute Gasteiger partial charge is 0.355 e. The molecule has 1 N–H and O–H groups in total. The maximum absolute atomic E-state index is 13.1. The van der Waals surface area contributed by atoms with E-state index in [4.69, 9.17) is 5.26 Å². The number of ketones is 1. The van der Waals surface area contributed by atoms with Gasteiger partial charge in [-0.3, -0.25) is 4.79 Å². The summed E-state index contributed by atoms with van der Waals surface area (Å²) in [6.45, 7) is 0. The van der Waals surface area contributed by atoms with Gasteiger partial charge >= 0.3 is 6.18 Å². The first kappa shape index (κ1) is 15.3. The van der Waals surface area contributed by atoms with Gasteiger partial charge in [0.05, 0.1) is 11.6 Å². The van der Waals surface area contributed by atoms with E-state index < -0.39 is 17.8 Å². The van der Waals surface area contributed by atoms with E-state index in [2.05, 4.69) is 5.32 Å². The highest BCUT2D eigenvalue weighted by Gasteiger charge is 2.40. The number of nitrogens with zero attached hydrogens (tertiary/aromatic N) is 1. The number of allylic oxidation sites excluding steroid dienone is 4. The standard InChI is InChI=1S/C17H13F3N2O/c18-17(19,20)15-8-12(11-4-1-3-10(7-11)9-21)16-13(22-15)5-2-6-14(16)23/h1,3-4,7-8,12,22H,2,5-6H2/t12-/m0/s1. The molecule has 0 bridgehead atoms. The lowest BCUT2D eigenvalue weighted by Gasteiger charge is -2.32. The molecule has 0 aromatic heterocycles. The lowest BCUT2D eigenvalue weighted by atomic mass is 9.79. The Hall–Kier alpha value is -2.55. The minimum Gasteiger partial charge on any atom is -0.355 e. The molecule has 23 heavy (non-hydrogen) atoms. The number of nitriles is 1. The Kier molecular flexibility index (Phi) is 3.72. The van der Waals surface area contributed by atoms with Gasteiger partial charge in [-0.25, -0.2) is 0 Å². The molecule has 1 aliphatic carbocycles. The van der Waals surface area contributed by atoms with E-state index in [0.29, 0.717) is 41.7 Å². The second-order valence-corrected chi connectivity index (χ2v) is 5.59. The van der Waals surface area contributed by atoms with Gasteiger partial charge in [0.2, 0.25) is 0 Å². The van der Waals surface area contributed by atoms with Gasteiger partial charge < -0.3 is 5.32 Å². The molecule has 1 aromatic carbocycles. The summed E-state index contributed by atoms with van der Waals surface area (Å²) in [7, 11) is 0. The zero-order valence-corrected chi connectivity index (χ0v) is 12.1. The molecule has 1 aromatic rings. The number of dihydropyridines is 1. The first-order valence-electron chi connectivity index (χ1n) is 7.22. The number of halogens is 3. The molecule has 3 nitrogen and oxygen atoms in total.